The summed E-state index contributed by atoms with van der Waals surface area (Å²) in [4.78, 5) is 2.46. The number of hydrogen-bond donors (Lipinski definition) is 1. The van der Waals surface area contributed by atoms with Crippen molar-refractivity contribution in [1.29, 1.82) is 0 Å². The van der Waals surface area contributed by atoms with Gasteiger partial charge < -0.3 is 9.84 Å². The van der Waals surface area contributed by atoms with E-state index < -0.39 is 17.7 Å². The van der Waals surface area contributed by atoms with E-state index in [1.807, 2.05) is 30.3 Å². The average molecular weight is 289 g/mol. The van der Waals surface area contributed by atoms with Crippen LogP contribution >= 0.6 is 0 Å². The second kappa shape index (κ2) is 6.33. The van der Waals surface area contributed by atoms with Crippen LogP contribution in [0.2, 0.25) is 0 Å². The standard InChI is InChI=1S/C16H13F2NO2/c1-19-15(20)16(17,18)13-7-9-14(10-8-13)21-11-12-5-3-2-4-6-12/h2-10,15,20H,11H2. The van der Waals surface area contributed by atoms with Crippen molar-refractivity contribution in [1.82, 2.24) is 0 Å². The fourth-order valence-electron chi connectivity index (χ4n) is 1.74. The highest BCUT2D eigenvalue weighted by Gasteiger charge is 2.46. The molecule has 0 radical (unpaired) electrons. The van der Waals surface area contributed by atoms with Crippen molar-refractivity contribution in [2.24, 2.45) is 0 Å². The van der Waals surface area contributed by atoms with Gasteiger partial charge in [0.2, 0.25) is 0 Å². The summed E-state index contributed by atoms with van der Waals surface area (Å²) in [7, 11) is 0. The molecule has 1 unspecified atom stereocenters. The number of hydrogen-bond acceptors (Lipinski definition) is 2. The summed E-state index contributed by atoms with van der Waals surface area (Å²) in [5.41, 5.74) is 0.549. The quantitative estimate of drug-likeness (QED) is 0.853. The predicted molar refractivity (Wildman–Crippen MR) is 73.7 cm³/mol. The Kier molecular flexibility index (Phi) is 4.51. The van der Waals surface area contributed by atoms with Crippen LogP contribution in [0.15, 0.2) is 54.6 Å². The highest BCUT2D eigenvalue weighted by Crippen LogP contribution is 2.33. The first-order chi connectivity index (χ1) is 10.0. The summed E-state index contributed by atoms with van der Waals surface area (Å²) in [6.45, 7) is 6.82. The SMILES string of the molecule is [C-]#[N+]C(O)C(F)(F)c1ccc(OCc2ccccc2)cc1. The number of aliphatic hydroxyl groups is 1. The van der Waals surface area contributed by atoms with E-state index in [4.69, 9.17) is 16.4 Å². The summed E-state index contributed by atoms with van der Waals surface area (Å²) in [6.07, 6.45) is -2.38. The third-order valence-electron chi connectivity index (χ3n) is 2.93. The fraction of sp³-hybridized carbons (Fsp3) is 0.188. The minimum atomic E-state index is -3.60. The molecule has 3 nitrogen and oxygen atoms in total. The minimum Gasteiger partial charge on any atom is -0.489 e. The first kappa shape index (κ1) is 14.9. The van der Waals surface area contributed by atoms with Crippen LogP contribution in [0.25, 0.3) is 4.85 Å². The molecule has 5 heteroatoms. The third kappa shape index (κ3) is 3.56. The van der Waals surface area contributed by atoms with Gasteiger partial charge in [0.15, 0.2) is 0 Å². The number of benzene rings is 2. The summed E-state index contributed by atoms with van der Waals surface area (Å²) in [5.74, 6) is -3.16. The smallest absolute Gasteiger partial charge is 0.393 e. The summed E-state index contributed by atoms with van der Waals surface area (Å²) >= 11 is 0. The lowest BCUT2D eigenvalue weighted by molar-refractivity contribution is -0.0939. The Balaban J connectivity index is 2.04. The van der Waals surface area contributed by atoms with Gasteiger partial charge in [0.05, 0.1) is 0 Å². The van der Waals surface area contributed by atoms with Crippen molar-refractivity contribution in [3.63, 3.8) is 0 Å². The lowest BCUT2D eigenvalue weighted by Crippen LogP contribution is -2.27. The van der Waals surface area contributed by atoms with Gasteiger partial charge in [0, 0.05) is 5.56 Å². The highest BCUT2D eigenvalue weighted by molar-refractivity contribution is 5.31. The van der Waals surface area contributed by atoms with Crippen molar-refractivity contribution in [2.45, 2.75) is 18.8 Å². The molecule has 0 heterocycles. The van der Waals surface area contributed by atoms with Gasteiger partial charge in [-0.3, -0.25) is 4.85 Å². The Morgan fingerprint density at radius 1 is 1.10 bits per heavy atom. The van der Waals surface area contributed by atoms with Crippen molar-refractivity contribution in [2.75, 3.05) is 0 Å². The lowest BCUT2D eigenvalue weighted by atomic mass is 10.1. The van der Waals surface area contributed by atoms with E-state index in [1.54, 1.807) is 0 Å². The van der Waals surface area contributed by atoms with E-state index in [-0.39, 0.29) is 0 Å². The summed E-state index contributed by atoms with van der Waals surface area (Å²) < 4.78 is 32.7. The molecule has 0 saturated carbocycles. The molecule has 0 aromatic heterocycles. The maximum Gasteiger partial charge on any atom is 0.393 e. The van der Waals surface area contributed by atoms with Gasteiger partial charge in [-0.05, 0) is 29.8 Å². The molecule has 2 rings (SSSR count). The Morgan fingerprint density at radius 3 is 2.29 bits per heavy atom. The maximum absolute atomic E-state index is 13.6. The molecule has 0 saturated heterocycles. The number of halogens is 2. The lowest BCUT2D eigenvalue weighted by Gasteiger charge is -2.15. The molecule has 0 fully saturated rings. The molecule has 108 valence electrons. The first-order valence-electron chi connectivity index (χ1n) is 6.24. The number of rotatable bonds is 5. The molecule has 21 heavy (non-hydrogen) atoms. The number of aliphatic hydroxyl groups excluding tert-OH is 1. The predicted octanol–water partition coefficient (Wildman–Crippen LogP) is 3.60. The van der Waals surface area contributed by atoms with Gasteiger partial charge in [-0.2, -0.15) is 8.78 Å². The van der Waals surface area contributed by atoms with Gasteiger partial charge in [-0.25, -0.2) is 6.57 Å². The molecule has 0 aliphatic rings. The Bertz CT molecular complexity index is 621. The van der Waals surface area contributed by atoms with Crippen LogP contribution < -0.4 is 4.74 Å². The second-order valence-electron chi connectivity index (χ2n) is 4.42. The third-order valence-corrected chi connectivity index (χ3v) is 2.93. The van der Waals surface area contributed by atoms with Gasteiger partial charge in [-0.1, -0.05) is 30.3 Å². The minimum absolute atomic E-state index is 0.335. The normalized spacial score (nSPS) is 12.5. The second-order valence-corrected chi connectivity index (χ2v) is 4.42. The first-order valence-corrected chi connectivity index (χ1v) is 6.24. The summed E-state index contributed by atoms with van der Waals surface area (Å²) in [5, 5.41) is 9.03. The maximum atomic E-state index is 13.6. The van der Waals surface area contributed by atoms with E-state index in [9.17, 15) is 8.78 Å². The Labute approximate surface area is 121 Å². The Morgan fingerprint density at radius 2 is 1.71 bits per heavy atom. The van der Waals surface area contributed by atoms with Crippen LogP contribution in [0.4, 0.5) is 8.78 Å². The van der Waals surface area contributed by atoms with Crippen LogP contribution in [0.1, 0.15) is 11.1 Å². The molecule has 0 aliphatic carbocycles. The number of ether oxygens (including phenoxy) is 1. The molecular formula is C16H13F2NO2. The van der Waals surface area contributed by atoms with Crippen LogP contribution in [0, 0.1) is 6.57 Å². The largest absolute Gasteiger partial charge is 0.489 e. The molecule has 2 aromatic carbocycles. The van der Waals surface area contributed by atoms with Gasteiger partial charge in [-0.15, -0.1) is 0 Å². The van der Waals surface area contributed by atoms with E-state index in [2.05, 4.69) is 4.85 Å². The van der Waals surface area contributed by atoms with E-state index in [1.165, 1.54) is 12.1 Å². The van der Waals surface area contributed by atoms with Crippen LogP contribution in [0.3, 0.4) is 0 Å². The van der Waals surface area contributed by atoms with Gasteiger partial charge >= 0.3 is 12.2 Å². The van der Waals surface area contributed by atoms with E-state index >= 15 is 0 Å². The van der Waals surface area contributed by atoms with Crippen molar-refractivity contribution < 1.29 is 18.6 Å². The van der Waals surface area contributed by atoms with Crippen molar-refractivity contribution >= 4 is 0 Å². The highest BCUT2D eigenvalue weighted by atomic mass is 19.3. The zero-order chi connectivity index (χ0) is 15.3. The van der Waals surface area contributed by atoms with E-state index in [0.29, 0.717) is 12.4 Å². The summed E-state index contributed by atoms with van der Waals surface area (Å²) in [6, 6.07) is 14.5. The van der Waals surface area contributed by atoms with Gasteiger partial charge in [0.1, 0.15) is 12.4 Å². The topological polar surface area (TPSA) is 33.8 Å². The monoisotopic (exact) mass is 289 g/mol. The molecule has 0 aliphatic heterocycles. The van der Waals surface area contributed by atoms with Crippen molar-refractivity contribution in [3.8, 4) is 5.75 Å². The number of nitrogens with zero attached hydrogens (tertiary/aromatic N) is 1. The van der Waals surface area contributed by atoms with Crippen molar-refractivity contribution in [3.05, 3.63) is 77.1 Å². The van der Waals surface area contributed by atoms with Crippen LogP contribution in [-0.4, -0.2) is 11.3 Å². The molecule has 0 bridgehead atoms. The number of alkyl halides is 2. The average Bonchev–Trinajstić information content (AvgIpc) is 2.53. The fourth-order valence-corrected chi connectivity index (χ4v) is 1.74. The van der Waals surface area contributed by atoms with Crippen LogP contribution in [-0.2, 0) is 12.5 Å². The van der Waals surface area contributed by atoms with E-state index in [0.717, 1.165) is 17.7 Å². The molecule has 1 N–H and O–H groups in total. The molecular weight excluding hydrogens is 276 g/mol. The Hall–Kier alpha value is -2.45. The molecule has 0 amide bonds. The van der Waals surface area contributed by atoms with Crippen LogP contribution in [0.5, 0.6) is 5.75 Å². The zero-order valence-corrected chi connectivity index (χ0v) is 11.0. The molecule has 1 atom stereocenters. The molecule has 2 aromatic rings. The zero-order valence-electron chi connectivity index (χ0n) is 11.0. The molecule has 0 spiro atoms. The van der Waals surface area contributed by atoms with Gasteiger partial charge in [0.25, 0.3) is 0 Å².